The fourth-order valence-electron chi connectivity index (χ4n) is 16.7. The van der Waals surface area contributed by atoms with E-state index in [0.717, 1.165) is 11.1 Å². The summed E-state index contributed by atoms with van der Waals surface area (Å²) < 4.78 is 3.88. The molecule has 0 spiro atoms. The number of alkyl halides is 2. The van der Waals surface area contributed by atoms with Gasteiger partial charge in [-0.25, -0.2) is 0 Å². The summed E-state index contributed by atoms with van der Waals surface area (Å²) in [6, 6.07) is 81.3. The van der Waals surface area contributed by atoms with Crippen molar-refractivity contribution in [2.24, 2.45) is 0 Å². The van der Waals surface area contributed by atoms with Crippen molar-refractivity contribution in [1.29, 1.82) is 0 Å². The molecular weight excluding hydrogens is 1620 g/mol. The second-order valence-corrected chi connectivity index (χ2v) is 52.6. The van der Waals surface area contributed by atoms with E-state index in [1.165, 1.54) is 76.9 Å². The summed E-state index contributed by atoms with van der Waals surface area (Å²) in [7, 11) is 21.0. The topological polar surface area (TPSA) is 0 Å². The molecule has 0 N–H and O–H groups in total. The normalized spacial score (nSPS) is 17.3. The van der Waals surface area contributed by atoms with Crippen LogP contribution >= 0.6 is 93.7 Å². The summed E-state index contributed by atoms with van der Waals surface area (Å²) in [5, 5.41) is 8.81. The Balaban J connectivity index is 0.000000172. The van der Waals surface area contributed by atoms with Crippen molar-refractivity contribution in [3.63, 3.8) is 0 Å². The SMILES string of the molecule is C.C1CCC([PH+](C2CCCCC2)C2CCCCC2)CC1.C1CCC([PH+](C2CCCCC2)C2CCCCC2)CC1.Cc1ccc([CH]=[Ru]([Cl])[Cl])cc1.Cc1ccc([CH]=[Ru]([Cl])[Cl])cc1.ClCCl.c1ccc([PH+](c2ccccc2)c2ccccc2)cc1.c1ccc([PH+](c2ccccc2)c2ccccc2)cc1. The first-order valence-electron chi connectivity index (χ1n) is 38.3. The van der Waals surface area contributed by atoms with Crippen LogP contribution in [0.5, 0.6) is 0 Å². The van der Waals surface area contributed by atoms with Crippen LogP contribution in [0.25, 0.3) is 0 Å². The quantitative estimate of drug-likeness (QED) is 0.0578. The molecule has 0 aliphatic heterocycles. The van der Waals surface area contributed by atoms with Crippen LogP contribution in [0.3, 0.4) is 0 Å². The van der Waals surface area contributed by atoms with Crippen molar-refractivity contribution in [3.8, 4) is 0 Å². The van der Waals surface area contributed by atoms with E-state index in [4.69, 9.17) is 62.0 Å². The average Bonchev–Trinajstić information content (AvgIpc) is 0.843. The molecule has 0 atom stereocenters. The van der Waals surface area contributed by atoms with E-state index in [2.05, 4.69) is 220 Å². The molecule has 556 valence electrons. The smallest absolute Gasteiger partial charge is 0.102 e. The van der Waals surface area contributed by atoms with Gasteiger partial charge in [0.1, 0.15) is 31.8 Å². The Morgan fingerprint density at radius 1 is 0.265 bits per heavy atom. The second kappa shape index (κ2) is 52.3. The maximum absolute atomic E-state index is 5.71. The summed E-state index contributed by atoms with van der Waals surface area (Å²) in [4.78, 5) is 0. The van der Waals surface area contributed by atoms with Gasteiger partial charge in [-0.3, -0.25) is 0 Å². The third-order valence-electron chi connectivity index (χ3n) is 21.4. The summed E-state index contributed by atoms with van der Waals surface area (Å²) in [5.41, 5.74) is 12.1. The van der Waals surface area contributed by atoms with Crippen LogP contribution in [0, 0.1) is 13.8 Å². The van der Waals surface area contributed by atoms with Crippen molar-refractivity contribution in [1.82, 2.24) is 0 Å². The van der Waals surface area contributed by atoms with Crippen molar-refractivity contribution in [2.45, 2.75) is 248 Å². The van der Waals surface area contributed by atoms with Crippen LogP contribution < -0.4 is 31.8 Å². The number of hydrogen-bond acceptors (Lipinski definition) is 0. The Morgan fingerprint density at radius 3 is 0.569 bits per heavy atom. The zero-order chi connectivity index (χ0) is 70.9. The number of halogens is 6. The predicted molar refractivity (Wildman–Crippen MR) is 470 cm³/mol. The first-order valence-corrected chi connectivity index (χ1v) is 56.8. The maximum Gasteiger partial charge on any atom is 0.102 e. The summed E-state index contributed by atoms with van der Waals surface area (Å²) in [6.45, 7) is 4.11. The summed E-state index contributed by atoms with van der Waals surface area (Å²) >= 11 is 6.27. The molecule has 0 amide bonds. The van der Waals surface area contributed by atoms with Crippen LogP contribution in [0.1, 0.15) is 222 Å². The molecule has 0 saturated heterocycles. The van der Waals surface area contributed by atoms with Gasteiger partial charge in [0.05, 0.1) is 55.1 Å². The summed E-state index contributed by atoms with van der Waals surface area (Å²) in [6.07, 6.45) is 47.6. The fourth-order valence-corrected chi connectivity index (χ4v) is 35.9. The minimum absolute atomic E-state index is 0. The Bertz CT molecular complexity index is 2940. The van der Waals surface area contributed by atoms with Crippen LogP contribution in [0.4, 0.5) is 0 Å². The monoisotopic (exact) mass is 1740 g/mol. The standard InChI is InChI=1S/2C18H33P.2C18H15P.2C8H8.CH2Cl2.CH4.4ClH.2Ru/c4*1-4-10-16(11-5-1)19(17-12-6-2-7-13-17)18-14-8-3-9-15-18;2*1-7-3-5-8(2)6-4-7;2-1-3;;;;;;;/h2*16-18H,1-15H2;2*1-15H;2*1,3-6H,2H3;1H2;1H4;4*1H;;/q;;;;;;;;;;;;2*+2. The molecule has 0 heterocycles. The zero-order valence-corrected chi connectivity index (χ0v) is 72.5. The van der Waals surface area contributed by atoms with Gasteiger partial charge in [0.2, 0.25) is 0 Å². The molecule has 8 aromatic carbocycles. The van der Waals surface area contributed by atoms with Gasteiger partial charge in [-0.15, -0.1) is 23.2 Å². The molecule has 12 heteroatoms. The first-order chi connectivity index (χ1) is 49.6. The van der Waals surface area contributed by atoms with Crippen molar-refractivity contribution in [2.75, 3.05) is 5.34 Å². The molecule has 6 fully saturated rings. The molecule has 6 aliphatic rings. The van der Waals surface area contributed by atoms with E-state index >= 15 is 0 Å². The van der Waals surface area contributed by atoms with Crippen molar-refractivity contribution >= 4 is 135 Å². The number of aryl methyl sites for hydroxylation is 2. The number of hydrogen-bond donors (Lipinski definition) is 0. The van der Waals surface area contributed by atoms with Gasteiger partial charge in [0.15, 0.2) is 0 Å². The molecule has 102 heavy (non-hydrogen) atoms. The van der Waals surface area contributed by atoms with E-state index in [0.29, 0.717) is 0 Å². The molecule has 14 rings (SSSR count). The zero-order valence-electron chi connectivity index (χ0n) is 60.5. The van der Waals surface area contributed by atoms with Gasteiger partial charge in [0.25, 0.3) is 0 Å². The van der Waals surface area contributed by atoms with E-state index in [9.17, 15) is 0 Å². The third kappa shape index (κ3) is 32.0. The molecule has 0 nitrogen and oxygen atoms in total. The van der Waals surface area contributed by atoms with E-state index in [1.54, 1.807) is 193 Å². The maximum atomic E-state index is 5.71. The first kappa shape index (κ1) is 87.4. The largest absolute Gasteiger partial charge is 0.109 e. The summed E-state index contributed by atoms with van der Waals surface area (Å²) in [5.74, 6) is 0. The fraction of sp³-hybridized carbons (Fsp3) is 0.444. The van der Waals surface area contributed by atoms with Crippen LogP contribution in [0.15, 0.2) is 231 Å². The Kier molecular flexibility index (Phi) is 44.9. The Morgan fingerprint density at radius 2 is 0.422 bits per heavy atom. The van der Waals surface area contributed by atoms with Gasteiger partial charge in [0, 0.05) is 15.8 Å². The predicted octanol–water partition coefficient (Wildman–Crippen LogP) is 27.0. The molecule has 6 saturated carbocycles. The van der Waals surface area contributed by atoms with Crippen LogP contribution in [-0.4, -0.2) is 48.5 Å². The average molecular weight is 1740 g/mol. The van der Waals surface area contributed by atoms with Gasteiger partial charge in [-0.2, -0.15) is 0 Å². The molecule has 8 aromatic rings. The van der Waals surface area contributed by atoms with Gasteiger partial charge < -0.3 is 0 Å². The van der Waals surface area contributed by atoms with Gasteiger partial charge in [-0.1, -0.05) is 155 Å². The molecule has 0 bridgehead atoms. The minimum Gasteiger partial charge on any atom is -0.109 e. The Labute approximate surface area is 661 Å². The van der Waals surface area contributed by atoms with Crippen LogP contribution in [-0.2, 0) is 27.0 Å². The molecule has 6 aliphatic carbocycles. The van der Waals surface area contributed by atoms with Crippen LogP contribution in [0.2, 0.25) is 0 Å². The van der Waals surface area contributed by atoms with Crippen molar-refractivity contribution in [3.05, 3.63) is 253 Å². The molecular formula is C90H122Cl6P4Ru2+4. The van der Waals surface area contributed by atoms with Crippen molar-refractivity contribution < 1.29 is 27.0 Å². The number of rotatable bonds is 14. The minimum atomic E-state index is -1.63. The van der Waals surface area contributed by atoms with E-state index < -0.39 is 42.9 Å². The molecule has 0 radical (unpaired) electrons. The second-order valence-electron chi connectivity index (χ2n) is 28.5. The Hall–Kier alpha value is -1.79. The third-order valence-corrected chi connectivity index (χ3v) is 39.7. The van der Waals surface area contributed by atoms with E-state index in [-0.39, 0.29) is 28.6 Å². The van der Waals surface area contributed by atoms with Gasteiger partial charge >= 0.3 is 160 Å². The van der Waals surface area contributed by atoms with Gasteiger partial charge in [-0.05, 0) is 227 Å². The van der Waals surface area contributed by atoms with E-state index in [1.807, 2.05) is 33.5 Å². The molecule has 0 unspecified atom stereocenters. The molecule has 0 aromatic heterocycles. The number of benzene rings is 8.